The van der Waals surface area contributed by atoms with Gasteiger partial charge in [-0.1, -0.05) is 41.2 Å². The van der Waals surface area contributed by atoms with E-state index in [4.69, 9.17) is 4.74 Å². The molecule has 112 valence electrons. The van der Waals surface area contributed by atoms with Crippen molar-refractivity contribution in [2.45, 2.75) is 12.8 Å². The lowest BCUT2D eigenvalue weighted by Crippen LogP contribution is -2.20. The number of carbonyl (C=O) groups is 2. The Morgan fingerprint density at radius 2 is 1.67 bits per heavy atom. The second kappa shape index (κ2) is 7.78. The van der Waals surface area contributed by atoms with E-state index in [1.807, 2.05) is 12.1 Å². The molecule has 1 aromatic carbocycles. The molecule has 0 heterocycles. The number of methoxy groups -OCH3 is 1. The van der Waals surface area contributed by atoms with Crippen LogP contribution in [0, 0.1) is 0 Å². The van der Waals surface area contributed by atoms with Gasteiger partial charge in [0.15, 0.2) is 0 Å². The Kier molecular flexibility index (Phi) is 6.37. The summed E-state index contributed by atoms with van der Waals surface area (Å²) in [5.74, 6) is -1.83. The molecule has 0 aromatic heterocycles. The zero-order valence-corrected chi connectivity index (χ0v) is 13.6. The number of hydrogen-bond acceptors (Lipinski definition) is 4. The van der Waals surface area contributed by atoms with E-state index in [0.717, 1.165) is 4.47 Å². The molecule has 21 heavy (non-hydrogen) atoms. The molecule has 1 atom stereocenters. The SMILES string of the molecule is C=C(C(=O)OC)[C@H](C(=C)C(=O)OCC)c1ccc(Br)cc1. The van der Waals surface area contributed by atoms with Gasteiger partial charge in [0.2, 0.25) is 0 Å². The van der Waals surface area contributed by atoms with Gasteiger partial charge in [-0.05, 0) is 24.6 Å². The van der Waals surface area contributed by atoms with Crippen molar-refractivity contribution in [3.63, 3.8) is 0 Å². The van der Waals surface area contributed by atoms with Crippen molar-refractivity contribution < 1.29 is 19.1 Å². The van der Waals surface area contributed by atoms with Crippen LogP contribution in [0.1, 0.15) is 18.4 Å². The Labute approximate surface area is 132 Å². The van der Waals surface area contributed by atoms with Gasteiger partial charge in [-0.3, -0.25) is 0 Å². The van der Waals surface area contributed by atoms with Gasteiger partial charge in [0.1, 0.15) is 0 Å². The van der Waals surface area contributed by atoms with Crippen molar-refractivity contribution >= 4 is 27.9 Å². The number of ether oxygens (including phenoxy) is 2. The van der Waals surface area contributed by atoms with Crippen molar-refractivity contribution in [1.29, 1.82) is 0 Å². The van der Waals surface area contributed by atoms with Gasteiger partial charge >= 0.3 is 11.9 Å². The highest BCUT2D eigenvalue weighted by molar-refractivity contribution is 9.10. The molecule has 0 saturated carbocycles. The zero-order chi connectivity index (χ0) is 16.0. The molecule has 0 radical (unpaired) electrons. The normalized spacial score (nSPS) is 11.4. The van der Waals surface area contributed by atoms with Gasteiger partial charge < -0.3 is 9.47 Å². The quantitative estimate of drug-likeness (QED) is 0.581. The summed E-state index contributed by atoms with van der Waals surface area (Å²) < 4.78 is 10.5. The number of carbonyl (C=O) groups excluding carboxylic acids is 2. The summed E-state index contributed by atoms with van der Waals surface area (Å²) in [6.45, 7) is 9.42. The van der Waals surface area contributed by atoms with E-state index in [1.54, 1.807) is 19.1 Å². The Hall–Kier alpha value is -1.88. The maximum Gasteiger partial charge on any atom is 0.334 e. The first-order chi connectivity index (χ1) is 9.92. The third kappa shape index (κ3) is 4.29. The highest BCUT2D eigenvalue weighted by Gasteiger charge is 2.28. The Morgan fingerprint density at radius 1 is 1.14 bits per heavy atom. The van der Waals surface area contributed by atoms with E-state index < -0.39 is 17.9 Å². The molecule has 0 unspecified atom stereocenters. The predicted molar refractivity (Wildman–Crippen MR) is 83.8 cm³/mol. The summed E-state index contributed by atoms with van der Waals surface area (Å²) in [5.41, 5.74) is 0.999. The minimum absolute atomic E-state index is 0.137. The smallest absolute Gasteiger partial charge is 0.334 e. The summed E-state index contributed by atoms with van der Waals surface area (Å²) in [5, 5.41) is 0. The molecule has 0 amide bonds. The van der Waals surface area contributed by atoms with Crippen LogP contribution in [-0.4, -0.2) is 25.7 Å². The minimum Gasteiger partial charge on any atom is -0.466 e. The number of benzene rings is 1. The number of hydrogen-bond donors (Lipinski definition) is 0. The monoisotopic (exact) mass is 352 g/mol. The van der Waals surface area contributed by atoms with Gasteiger partial charge in [-0.25, -0.2) is 9.59 Å². The molecule has 0 aliphatic heterocycles. The Bertz CT molecular complexity index is 560. The van der Waals surface area contributed by atoms with Crippen LogP contribution in [0.3, 0.4) is 0 Å². The van der Waals surface area contributed by atoms with Crippen LogP contribution < -0.4 is 0 Å². The van der Waals surface area contributed by atoms with Crippen LogP contribution in [0.5, 0.6) is 0 Å². The molecule has 1 rings (SSSR count). The van der Waals surface area contributed by atoms with Crippen molar-refractivity contribution in [3.05, 3.63) is 58.6 Å². The number of esters is 2. The fourth-order valence-electron chi connectivity index (χ4n) is 1.86. The van der Waals surface area contributed by atoms with Gasteiger partial charge in [0.05, 0.1) is 13.7 Å². The minimum atomic E-state index is -0.676. The fourth-order valence-corrected chi connectivity index (χ4v) is 2.12. The topological polar surface area (TPSA) is 52.6 Å². The Balaban J connectivity index is 3.20. The molecule has 0 N–H and O–H groups in total. The predicted octanol–water partition coefficient (Wildman–Crippen LogP) is 3.38. The van der Waals surface area contributed by atoms with Crippen molar-refractivity contribution in [3.8, 4) is 0 Å². The highest BCUT2D eigenvalue weighted by Crippen LogP contribution is 2.32. The molecule has 0 bridgehead atoms. The molecule has 1 aromatic rings. The fraction of sp³-hybridized carbons (Fsp3) is 0.250. The standard InChI is InChI=1S/C16H17BrO4/c1-5-21-16(19)11(3)14(10(2)15(18)20-4)12-6-8-13(17)9-7-12/h6-9,14H,2-3,5H2,1,4H3/t14-/m1/s1. The summed E-state index contributed by atoms with van der Waals surface area (Å²) in [7, 11) is 1.26. The van der Waals surface area contributed by atoms with E-state index >= 15 is 0 Å². The summed E-state index contributed by atoms with van der Waals surface area (Å²) >= 11 is 3.34. The summed E-state index contributed by atoms with van der Waals surface area (Å²) in [6, 6.07) is 7.19. The van der Waals surface area contributed by atoms with Gasteiger partial charge in [-0.15, -0.1) is 0 Å². The molecule has 5 heteroatoms. The maximum absolute atomic E-state index is 11.9. The van der Waals surface area contributed by atoms with Crippen LogP contribution in [0.2, 0.25) is 0 Å². The van der Waals surface area contributed by atoms with Gasteiger partial charge in [-0.2, -0.15) is 0 Å². The molecule has 4 nitrogen and oxygen atoms in total. The molecule has 0 aliphatic rings. The summed E-state index contributed by atoms with van der Waals surface area (Å²) in [6.07, 6.45) is 0. The van der Waals surface area contributed by atoms with Crippen LogP contribution in [-0.2, 0) is 19.1 Å². The third-order valence-corrected chi connectivity index (χ3v) is 3.41. The lowest BCUT2D eigenvalue weighted by atomic mass is 9.86. The number of halogens is 1. The van der Waals surface area contributed by atoms with E-state index in [9.17, 15) is 9.59 Å². The lowest BCUT2D eigenvalue weighted by molar-refractivity contribution is -0.138. The van der Waals surface area contributed by atoms with Crippen molar-refractivity contribution in [1.82, 2.24) is 0 Å². The van der Waals surface area contributed by atoms with Crippen LogP contribution in [0.15, 0.2) is 53.0 Å². The van der Waals surface area contributed by atoms with Gasteiger partial charge in [0.25, 0.3) is 0 Å². The third-order valence-electron chi connectivity index (χ3n) is 2.89. The van der Waals surface area contributed by atoms with E-state index in [0.29, 0.717) is 5.56 Å². The van der Waals surface area contributed by atoms with E-state index in [-0.39, 0.29) is 17.8 Å². The largest absolute Gasteiger partial charge is 0.466 e. The average Bonchev–Trinajstić information content (AvgIpc) is 2.48. The lowest BCUT2D eigenvalue weighted by Gasteiger charge is -2.20. The molecular weight excluding hydrogens is 336 g/mol. The Morgan fingerprint density at radius 3 is 2.14 bits per heavy atom. The van der Waals surface area contributed by atoms with E-state index in [1.165, 1.54) is 7.11 Å². The molecule has 0 aliphatic carbocycles. The molecular formula is C16H17BrO4. The first kappa shape index (κ1) is 17.2. The maximum atomic E-state index is 11.9. The molecule has 0 saturated heterocycles. The molecule has 0 spiro atoms. The summed E-state index contributed by atoms with van der Waals surface area (Å²) in [4.78, 5) is 23.7. The van der Waals surface area contributed by atoms with Crippen molar-refractivity contribution in [2.24, 2.45) is 0 Å². The molecule has 0 fully saturated rings. The average molecular weight is 353 g/mol. The highest BCUT2D eigenvalue weighted by atomic mass is 79.9. The van der Waals surface area contributed by atoms with Crippen LogP contribution in [0.4, 0.5) is 0 Å². The second-order valence-corrected chi connectivity index (χ2v) is 5.16. The number of rotatable bonds is 6. The van der Waals surface area contributed by atoms with Gasteiger partial charge in [0, 0.05) is 21.5 Å². The second-order valence-electron chi connectivity index (χ2n) is 4.25. The van der Waals surface area contributed by atoms with Crippen molar-refractivity contribution in [2.75, 3.05) is 13.7 Å². The first-order valence-corrected chi connectivity index (χ1v) is 7.10. The van der Waals surface area contributed by atoms with Crippen LogP contribution in [0.25, 0.3) is 0 Å². The van der Waals surface area contributed by atoms with Crippen LogP contribution >= 0.6 is 15.9 Å². The first-order valence-electron chi connectivity index (χ1n) is 6.30. The van der Waals surface area contributed by atoms with E-state index in [2.05, 4.69) is 33.8 Å². The zero-order valence-electron chi connectivity index (χ0n) is 12.0.